The monoisotopic (exact) mass is 325 g/mol. The van der Waals surface area contributed by atoms with Gasteiger partial charge < -0.3 is 4.74 Å². The van der Waals surface area contributed by atoms with E-state index >= 15 is 0 Å². The first-order valence-electron chi connectivity index (χ1n) is 7.98. The lowest BCUT2D eigenvalue weighted by atomic mass is 10.1. The molecule has 0 saturated carbocycles. The number of halogens is 1. The molecule has 0 N–H and O–H groups in total. The van der Waals surface area contributed by atoms with Crippen molar-refractivity contribution >= 4 is 23.5 Å². The Bertz CT molecular complexity index is 719. The first-order chi connectivity index (χ1) is 11.2. The summed E-state index contributed by atoms with van der Waals surface area (Å²) in [4.78, 5) is 4.58. The van der Waals surface area contributed by atoms with Crippen LogP contribution in [-0.2, 0) is 0 Å². The maximum absolute atomic E-state index is 6.21. The molecule has 1 aliphatic heterocycles. The van der Waals surface area contributed by atoms with Crippen LogP contribution in [0.15, 0.2) is 59.6 Å². The van der Waals surface area contributed by atoms with E-state index in [0.717, 1.165) is 46.9 Å². The molecule has 0 saturated heterocycles. The molecule has 0 aromatic heterocycles. The van der Waals surface area contributed by atoms with Gasteiger partial charge in [-0.25, -0.2) is 0 Å². The molecule has 23 heavy (non-hydrogen) atoms. The first-order valence-corrected chi connectivity index (χ1v) is 8.36. The van der Waals surface area contributed by atoms with E-state index in [9.17, 15) is 0 Å². The molecule has 1 aliphatic rings. The van der Waals surface area contributed by atoms with Gasteiger partial charge in [0, 0.05) is 16.8 Å². The molecule has 3 rings (SSSR count). The second-order valence-electron chi connectivity index (χ2n) is 5.64. The van der Waals surface area contributed by atoms with Crippen molar-refractivity contribution in [1.29, 1.82) is 0 Å². The fourth-order valence-electron chi connectivity index (χ4n) is 2.62. The Morgan fingerprint density at radius 2 is 1.83 bits per heavy atom. The van der Waals surface area contributed by atoms with E-state index in [-0.39, 0.29) is 6.10 Å². The molecule has 2 nitrogen and oxygen atoms in total. The number of aliphatic imine (C=N–C) groups is 1. The normalized spacial score (nSPS) is 15.7. The lowest BCUT2D eigenvalue weighted by Crippen LogP contribution is -2.04. The summed E-state index contributed by atoms with van der Waals surface area (Å²) in [6, 6.07) is 15.9. The number of benzene rings is 2. The van der Waals surface area contributed by atoms with Gasteiger partial charge in [-0.1, -0.05) is 41.9 Å². The van der Waals surface area contributed by atoms with Gasteiger partial charge in [-0.05, 0) is 56.0 Å². The molecule has 1 unspecified atom stereocenters. The predicted octanol–water partition coefficient (Wildman–Crippen LogP) is 6.08. The summed E-state index contributed by atoms with van der Waals surface area (Å²) >= 11 is 5.95. The van der Waals surface area contributed by atoms with Crippen molar-refractivity contribution in [3.8, 4) is 5.75 Å². The number of allylic oxidation sites excluding steroid dienone is 1. The number of nitrogens with zero attached hydrogens (tertiary/aromatic N) is 1. The summed E-state index contributed by atoms with van der Waals surface area (Å²) in [6.45, 7) is 2.05. The fourth-order valence-corrected chi connectivity index (χ4v) is 2.74. The Morgan fingerprint density at radius 3 is 2.65 bits per heavy atom. The van der Waals surface area contributed by atoms with E-state index in [0.29, 0.717) is 0 Å². The smallest absolute Gasteiger partial charge is 0.129 e. The average molecular weight is 326 g/mol. The summed E-state index contributed by atoms with van der Waals surface area (Å²) in [7, 11) is 0. The third-order valence-electron chi connectivity index (χ3n) is 3.91. The standard InChI is InChI=1S/C20H20ClNO/c1-15(16-10-12-17(21)13-11-16)23-20-9-5-4-7-18(20)19-8-3-2-6-14-22-19/h4-5,7-15H,2-3,6H2,1H3. The van der Waals surface area contributed by atoms with Crippen LogP contribution >= 0.6 is 11.6 Å². The molecule has 0 radical (unpaired) electrons. The van der Waals surface area contributed by atoms with Crippen LogP contribution in [0.5, 0.6) is 5.75 Å². The van der Waals surface area contributed by atoms with Crippen LogP contribution in [-0.4, -0.2) is 6.21 Å². The maximum Gasteiger partial charge on any atom is 0.129 e. The molecular weight excluding hydrogens is 306 g/mol. The Hall–Kier alpha value is -2.06. The molecule has 1 atom stereocenters. The van der Waals surface area contributed by atoms with Gasteiger partial charge in [0.05, 0.1) is 5.70 Å². The minimum absolute atomic E-state index is 0.0521. The van der Waals surface area contributed by atoms with E-state index < -0.39 is 0 Å². The number of ether oxygens (including phenoxy) is 1. The van der Waals surface area contributed by atoms with E-state index in [1.54, 1.807) is 0 Å². The Balaban J connectivity index is 1.85. The molecule has 118 valence electrons. The zero-order valence-electron chi connectivity index (χ0n) is 13.2. The number of rotatable bonds is 4. The van der Waals surface area contributed by atoms with Crippen LogP contribution < -0.4 is 4.74 Å². The second-order valence-corrected chi connectivity index (χ2v) is 6.08. The first kappa shape index (κ1) is 15.8. The number of para-hydroxylation sites is 1. The summed E-state index contributed by atoms with van der Waals surface area (Å²) in [6.07, 6.45) is 7.37. The summed E-state index contributed by atoms with van der Waals surface area (Å²) in [5, 5.41) is 0.735. The third-order valence-corrected chi connectivity index (χ3v) is 4.16. The largest absolute Gasteiger partial charge is 0.485 e. The minimum Gasteiger partial charge on any atom is -0.485 e. The quantitative estimate of drug-likeness (QED) is 0.668. The van der Waals surface area contributed by atoms with Gasteiger partial charge in [-0.2, -0.15) is 0 Å². The van der Waals surface area contributed by atoms with E-state index in [4.69, 9.17) is 16.3 Å². The SMILES string of the molecule is CC(Oc1ccccc1C1=CCCCC=N1)c1ccc(Cl)cc1. The topological polar surface area (TPSA) is 21.6 Å². The van der Waals surface area contributed by atoms with Crippen molar-refractivity contribution < 1.29 is 4.74 Å². The highest BCUT2D eigenvalue weighted by atomic mass is 35.5. The van der Waals surface area contributed by atoms with Gasteiger partial charge in [-0.15, -0.1) is 0 Å². The number of hydrogen-bond acceptors (Lipinski definition) is 2. The van der Waals surface area contributed by atoms with Crippen LogP contribution in [0.2, 0.25) is 5.02 Å². The van der Waals surface area contributed by atoms with Crippen molar-refractivity contribution in [3.63, 3.8) is 0 Å². The molecule has 2 aromatic carbocycles. The molecule has 1 heterocycles. The molecule has 0 spiro atoms. The molecule has 3 heteroatoms. The second kappa shape index (κ2) is 7.47. The lowest BCUT2D eigenvalue weighted by molar-refractivity contribution is 0.226. The van der Waals surface area contributed by atoms with Crippen molar-refractivity contribution in [1.82, 2.24) is 0 Å². The van der Waals surface area contributed by atoms with E-state index in [1.165, 1.54) is 0 Å². The molecule has 0 aliphatic carbocycles. The van der Waals surface area contributed by atoms with Crippen molar-refractivity contribution in [3.05, 3.63) is 70.8 Å². The summed E-state index contributed by atoms with van der Waals surface area (Å²) in [5.74, 6) is 0.861. The van der Waals surface area contributed by atoms with Crippen molar-refractivity contribution in [2.45, 2.75) is 32.3 Å². The van der Waals surface area contributed by atoms with E-state index in [1.807, 2.05) is 55.6 Å². The highest BCUT2D eigenvalue weighted by molar-refractivity contribution is 6.30. The molecule has 0 bridgehead atoms. The highest BCUT2D eigenvalue weighted by Crippen LogP contribution is 2.32. The van der Waals surface area contributed by atoms with Crippen LogP contribution in [0.4, 0.5) is 0 Å². The third kappa shape index (κ3) is 4.02. The summed E-state index contributed by atoms with van der Waals surface area (Å²) < 4.78 is 6.21. The number of hydrogen-bond donors (Lipinski definition) is 0. The Kier molecular flexibility index (Phi) is 5.14. The van der Waals surface area contributed by atoms with Crippen molar-refractivity contribution in [2.75, 3.05) is 0 Å². The van der Waals surface area contributed by atoms with Gasteiger partial charge in [0.15, 0.2) is 0 Å². The molecular formula is C20H20ClNO. The predicted molar refractivity (Wildman–Crippen MR) is 97.3 cm³/mol. The Labute approximate surface area is 142 Å². The van der Waals surface area contributed by atoms with Gasteiger partial charge in [-0.3, -0.25) is 4.99 Å². The molecule has 2 aromatic rings. The lowest BCUT2D eigenvalue weighted by Gasteiger charge is -2.18. The summed E-state index contributed by atoms with van der Waals surface area (Å²) in [5.41, 5.74) is 3.15. The minimum atomic E-state index is -0.0521. The van der Waals surface area contributed by atoms with Gasteiger partial charge >= 0.3 is 0 Å². The fraction of sp³-hybridized carbons (Fsp3) is 0.250. The van der Waals surface area contributed by atoms with Crippen LogP contribution in [0.25, 0.3) is 5.70 Å². The van der Waals surface area contributed by atoms with E-state index in [2.05, 4.69) is 17.1 Å². The van der Waals surface area contributed by atoms with Crippen molar-refractivity contribution in [2.24, 2.45) is 4.99 Å². The van der Waals surface area contributed by atoms with Crippen LogP contribution in [0, 0.1) is 0 Å². The zero-order valence-corrected chi connectivity index (χ0v) is 14.0. The maximum atomic E-state index is 6.21. The van der Waals surface area contributed by atoms with Crippen LogP contribution in [0.3, 0.4) is 0 Å². The Morgan fingerprint density at radius 1 is 1.04 bits per heavy atom. The molecule has 0 amide bonds. The van der Waals surface area contributed by atoms with Crippen LogP contribution in [0.1, 0.15) is 43.4 Å². The van der Waals surface area contributed by atoms with Gasteiger partial charge in [0.2, 0.25) is 0 Å². The van der Waals surface area contributed by atoms with Gasteiger partial charge in [0.25, 0.3) is 0 Å². The highest BCUT2D eigenvalue weighted by Gasteiger charge is 2.13. The zero-order chi connectivity index (χ0) is 16.1. The van der Waals surface area contributed by atoms with Gasteiger partial charge in [0.1, 0.15) is 11.9 Å². The molecule has 0 fully saturated rings. The average Bonchev–Trinajstić information content (AvgIpc) is 2.85.